The zero-order valence-corrected chi connectivity index (χ0v) is 15.5. The number of hydrogen-bond donors (Lipinski definition) is 1. The van der Waals surface area contributed by atoms with Crippen molar-refractivity contribution >= 4 is 16.0 Å². The molecule has 1 aromatic heterocycles. The van der Waals surface area contributed by atoms with Gasteiger partial charge in [0.1, 0.15) is 10.7 Å². The molecule has 0 spiro atoms. The molecular formula is C16H26N2O6S. The molecule has 2 N–H and O–H groups in total. The number of sulfonamides is 1. The molecule has 0 aromatic carbocycles. The summed E-state index contributed by atoms with van der Waals surface area (Å²) < 4.78 is 42.9. The van der Waals surface area contributed by atoms with Crippen LogP contribution in [0, 0.1) is 0 Å². The Morgan fingerprint density at radius 3 is 2.64 bits per heavy atom. The minimum Gasteiger partial charge on any atom is -0.463 e. The van der Waals surface area contributed by atoms with Crippen molar-refractivity contribution < 1.29 is 27.1 Å². The molecular weight excluding hydrogens is 348 g/mol. The number of nitrogens with zero attached hydrogens (tertiary/aromatic N) is 1. The summed E-state index contributed by atoms with van der Waals surface area (Å²) in [6, 6.07) is 1.25. The van der Waals surface area contributed by atoms with Gasteiger partial charge in [-0.1, -0.05) is 6.92 Å². The zero-order chi connectivity index (χ0) is 18.4. The largest absolute Gasteiger partial charge is 0.463 e. The topological polar surface area (TPSA) is 112 Å². The van der Waals surface area contributed by atoms with Crippen LogP contribution in [0.1, 0.15) is 42.5 Å². The second kappa shape index (κ2) is 8.79. The van der Waals surface area contributed by atoms with E-state index in [1.165, 1.54) is 17.5 Å². The van der Waals surface area contributed by atoms with Gasteiger partial charge < -0.3 is 19.6 Å². The van der Waals surface area contributed by atoms with Gasteiger partial charge in [-0.05, 0) is 25.8 Å². The minimum atomic E-state index is -3.72. The van der Waals surface area contributed by atoms with Gasteiger partial charge >= 0.3 is 5.97 Å². The van der Waals surface area contributed by atoms with Crippen LogP contribution in [0.15, 0.2) is 15.4 Å². The number of carbonyl (C=O) groups is 1. The molecule has 1 aliphatic rings. The first-order valence-electron chi connectivity index (χ1n) is 8.46. The van der Waals surface area contributed by atoms with Crippen LogP contribution >= 0.6 is 0 Å². The number of esters is 1. The van der Waals surface area contributed by atoms with E-state index in [1.807, 2.05) is 0 Å². The molecule has 1 fully saturated rings. The minimum absolute atomic E-state index is 0.0397. The molecule has 0 radical (unpaired) electrons. The second-order valence-corrected chi connectivity index (χ2v) is 7.77. The fourth-order valence-electron chi connectivity index (χ4n) is 2.79. The smallest absolute Gasteiger partial charge is 0.373 e. The molecule has 0 unspecified atom stereocenters. The van der Waals surface area contributed by atoms with Crippen LogP contribution < -0.4 is 5.73 Å². The van der Waals surface area contributed by atoms with Gasteiger partial charge in [-0.3, -0.25) is 0 Å². The van der Waals surface area contributed by atoms with E-state index in [0.29, 0.717) is 45.5 Å². The number of piperidine rings is 1. The maximum atomic E-state index is 12.9. The highest BCUT2D eigenvalue weighted by atomic mass is 32.2. The number of nitrogens with two attached hydrogens (primary N) is 1. The third-order valence-corrected chi connectivity index (χ3v) is 6.14. The lowest BCUT2D eigenvalue weighted by Gasteiger charge is -2.31. The van der Waals surface area contributed by atoms with E-state index >= 15 is 0 Å². The van der Waals surface area contributed by atoms with Gasteiger partial charge in [0.25, 0.3) is 0 Å². The van der Waals surface area contributed by atoms with Crippen molar-refractivity contribution in [1.29, 1.82) is 0 Å². The maximum Gasteiger partial charge on any atom is 0.373 e. The molecule has 8 nitrogen and oxygen atoms in total. The summed E-state index contributed by atoms with van der Waals surface area (Å²) >= 11 is 0. The normalized spacial score (nSPS) is 16.9. The van der Waals surface area contributed by atoms with Crippen molar-refractivity contribution in [1.82, 2.24) is 4.31 Å². The van der Waals surface area contributed by atoms with Crippen molar-refractivity contribution in [2.75, 3.05) is 33.4 Å². The van der Waals surface area contributed by atoms with Gasteiger partial charge in [0.05, 0.1) is 13.2 Å². The van der Waals surface area contributed by atoms with Crippen LogP contribution in [-0.4, -0.2) is 58.1 Å². The molecule has 0 amide bonds. The van der Waals surface area contributed by atoms with Crippen LogP contribution in [0.3, 0.4) is 0 Å². The van der Waals surface area contributed by atoms with E-state index in [2.05, 4.69) is 4.74 Å². The summed E-state index contributed by atoms with van der Waals surface area (Å²) in [6.45, 7) is 3.69. The summed E-state index contributed by atoms with van der Waals surface area (Å²) in [7, 11) is -2.50. The van der Waals surface area contributed by atoms with Crippen LogP contribution in [0.5, 0.6) is 0 Å². The average molecular weight is 374 g/mol. The SMILES string of the molecule is CCc1oc(C(=O)OC)cc1S(=O)(=O)N1CCC(OCCCN)CC1. The monoisotopic (exact) mass is 374 g/mol. The highest BCUT2D eigenvalue weighted by molar-refractivity contribution is 7.89. The Kier molecular flexibility index (Phi) is 7.00. The summed E-state index contributed by atoms with van der Waals surface area (Å²) in [6.07, 6.45) is 2.48. The van der Waals surface area contributed by atoms with Crippen LogP contribution in [-0.2, 0) is 25.9 Å². The van der Waals surface area contributed by atoms with E-state index in [0.717, 1.165) is 6.42 Å². The van der Waals surface area contributed by atoms with E-state index in [-0.39, 0.29) is 22.5 Å². The molecule has 0 bridgehead atoms. The van der Waals surface area contributed by atoms with Crippen molar-refractivity contribution in [2.45, 2.75) is 43.6 Å². The van der Waals surface area contributed by atoms with Crippen LogP contribution in [0.4, 0.5) is 0 Å². The zero-order valence-electron chi connectivity index (χ0n) is 14.7. The van der Waals surface area contributed by atoms with Gasteiger partial charge in [-0.25, -0.2) is 13.2 Å². The summed E-state index contributed by atoms with van der Waals surface area (Å²) in [5, 5.41) is 0. The molecule has 0 aliphatic carbocycles. The van der Waals surface area contributed by atoms with Gasteiger partial charge in [-0.15, -0.1) is 0 Å². The van der Waals surface area contributed by atoms with Crippen molar-refractivity contribution in [3.05, 3.63) is 17.6 Å². The van der Waals surface area contributed by atoms with Crippen molar-refractivity contribution in [3.8, 4) is 0 Å². The van der Waals surface area contributed by atoms with Gasteiger partial charge in [0.15, 0.2) is 0 Å². The lowest BCUT2D eigenvalue weighted by atomic mass is 10.1. The Balaban J connectivity index is 2.09. The first-order chi connectivity index (χ1) is 11.9. The van der Waals surface area contributed by atoms with Crippen molar-refractivity contribution in [3.63, 3.8) is 0 Å². The molecule has 142 valence electrons. The molecule has 2 rings (SSSR count). The average Bonchev–Trinajstić information content (AvgIpc) is 3.07. The Labute approximate surface area is 148 Å². The van der Waals surface area contributed by atoms with Gasteiger partial charge in [0.2, 0.25) is 15.8 Å². The molecule has 1 aliphatic heterocycles. The Morgan fingerprint density at radius 1 is 1.40 bits per heavy atom. The molecule has 0 atom stereocenters. The first kappa shape index (κ1) is 19.9. The molecule has 2 heterocycles. The lowest BCUT2D eigenvalue weighted by molar-refractivity contribution is 0.0208. The molecule has 25 heavy (non-hydrogen) atoms. The third kappa shape index (κ3) is 4.60. The number of hydrogen-bond acceptors (Lipinski definition) is 7. The van der Waals surface area contributed by atoms with Gasteiger partial charge in [0, 0.05) is 32.2 Å². The quantitative estimate of drug-likeness (QED) is 0.536. The number of aryl methyl sites for hydroxylation is 1. The number of carbonyl (C=O) groups excluding carboxylic acids is 1. The predicted octanol–water partition coefficient (Wildman–Crippen LogP) is 1.15. The predicted molar refractivity (Wildman–Crippen MR) is 90.8 cm³/mol. The number of methoxy groups -OCH3 is 1. The summed E-state index contributed by atoms with van der Waals surface area (Å²) in [5.74, 6) is -0.525. The highest BCUT2D eigenvalue weighted by Gasteiger charge is 2.33. The van der Waals surface area contributed by atoms with Crippen LogP contribution in [0.25, 0.3) is 0 Å². The van der Waals surface area contributed by atoms with E-state index in [4.69, 9.17) is 14.9 Å². The summed E-state index contributed by atoms with van der Waals surface area (Å²) in [4.78, 5) is 11.7. The first-order valence-corrected chi connectivity index (χ1v) is 9.90. The van der Waals surface area contributed by atoms with Gasteiger partial charge in [-0.2, -0.15) is 4.31 Å². The number of furan rings is 1. The standard InChI is InChI=1S/C16H26N2O6S/c1-3-13-15(11-14(24-13)16(19)22-2)25(20,21)18-8-5-12(6-9-18)23-10-4-7-17/h11-12H,3-10,17H2,1-2H3. The molecule has 1 saturated heterocycles. The Morgan fingerprint density at radius 2 is 2.08 bits per heavy atom. The fourth-order valence-corrected chi connectivity index (χ4v) is 4.49. The maximum absolute atomic E-state index is 12.9. The molecule has 1 aromatic rings. The van der Waals surface area contributed by atoms with Crippen LogP contribution in [0.2, 0.25) is 0 Å². The number of rotatable bonds is 8. The lowest BCUT2D eigenvalue weighted by Crippen LogP contribution is -2.41. The van der Waals surface area contributed by atoms with E-state index in [1.54, 1.807) is 6.92 Å². The highest BCUT2D eigenvalue weighted by Crippen LogP contribution is 2.28. The van der Waals surface area contributed by atoms with Crippen molar-refractivity contribution in [2.24, 2.45) is 5.73 Å². The Hall–Kier alpha value is -1.42. The van der Waals surface area contributed by atoms with E-state index < -0.39 is 16.0 Å². The second-order valence-electron chi connectivity index (χ2n) is 5.86. The third-order valence-electron chi connectivity index (χ3n) is 4.20. The van der Waals surface area contributed by atoms with E-state index in [9.17, 15) is 13.2 Å². The molecule has 0 saturated carbocycles. The number of ether oxygens (including phenoxy) is 2. The molecule has 9 heteroatoms. The Bertz CT molecular complexity index is 677. The fraction of sp³-hybridized carbons (Fsp3) is 0.688. The summed E-state index contributed by atoms with van der Waals surface area (Å²) in [5.41, 5.74) is 5.44.